The molecule has 0 aliphatic carbocycles. The summed E-state index contributed by atoms with van der Waals surface area (Å²) in [5.41, 5.74) is 6.87. The Morgan fingerprint density at radius 1 is 1.14 bits per heavy atom. The highest BCUT2D eigenvalue weighted by atomic mass is 16.5. The molecule has 8 heteroatoms. The van der Waals surface area contributed by atoms with Crippen LogP contribution in [0.25, 0.3) is 11.2 Å². The number of nitrogens with zero attached hydrogens (tertiary/aromatic N) is 4. The van der Waals surface area contributed by atoms with E-state index in [0.29, 0.717) is 17.7 Å². The number of hydrogen-bond acceptors (Lipinski definition) is 6. The second-order valence-corrected chi connectivity index (χ2v) is 7.85. The number of imidazole rings is 1. The summed E-state index contributed by atoms with van der Waals surface area (Å²) in [7, 11) is 0. The molecule has 156 valence electrons. The van der Waals surface area contributed by atoms with Crippen LogP contribution in [0.2, 0.25) is 0 Å². The zero-order valence-corrected chi connectivity index (χ0v) is 17.2. The Morgan fingerprint density at radius 3 is 2.64 bits per heavy atom. The third-order valence-corrected chi connectivity index (χ3v) is 5.44. The number of hydrogen-bond donors (Lipinski definition) is 2. The van der Waals surface area contributed by atoms with Gasteiger partial charge >= 0.3 is 11.7 Å². The minimum Gasteiger partial charge on any atom is -0.460 e. The van der Waals surface area contributed by atoms with E-state index in [0.717, 1.165) is 38.6 Å². The van der Waals surface area contributed by atoms with Crippen molar-refractivity contribution in [2.24, 2.45) is 0 Å². The lowest BCUT2D eigenvalue weighted by molar-refractivity contribution is 0.193. The van der Waals surface area contributed by atoms with E-state index in [2.05, 4.69) is 26.8 Å². The highest BCUT2D eigenvalue weighted by Crippen LogP contribution is 2.19. The summed E-state index contributed by atoms with van der Waals surface area (Å²) in [6, 6.07) is 0.240. The van der Waals surface area contributed by atoms with E-state index >= 15 is 0 Å². The van der Waals surface area contributed by atoms with Crippen molar-refractivity contribution in [1.29, 1.82) is 0 Å². The molecule has 1 fully saturated rings. The van der Waals surface area contributed by atoms with Crippen LogP contribution in [0.3, 0.4) is 0 Å². The molecule has 0 bridgehead atoms. The van der Waals surface area contributed by atoms with Gasteiger partial charge in [0, 0.05) is 6.54 Å². The third kappa shape index (κ3) is 5.25. The van der Waals surface area contributed by atoms with Crippen molar-refractivity contribution < 1.29 is 4.74 Å². The molecule has 1 aliphatic heterocycles. The quantitative estimate of drug-likeness (QED) is 0.605. The summed E-state index contributed by atoms with van der Waals surface area (Å²) in [4.78, 5) is 26.4. The second kappa shape index (κ2) is 9.91. The van der Waals surface area contributed by atoms with Crippen LogP contribution in [0, 0.1) is 0 Å². The molecule has 2 aromatic heterocycles. The van der Waals surface area contributed by atoms with Crippen LogP contribution in [0.15, 0.2) is 4.79 Å². The number of aryl methyl sites for hydroxylation is 1. The van der Waals surface area contributed by atoms with Gasteiger partial charge in [-0.05, 0) is 58.7 Å². The second-order valence-electron chi connectivity index (χ2n) is 7.85. The minimum atomic E-state index is -0.189. The monoisotopic (exact) mass is 390 g/mol. The number of nitrogen functional groups attached to an aromatic ring is 1. The van der Waals surface area contributed by atoms with Gasteiger partial charge in [-0.3, -0.25) is 4.57 Å². The molecule has 2 aromatic rings. The summed E-state index contributed by atoms with van der Waals surface area (Å²) in [6.07, 6.45) is 9.16. The number of nitrogens with two attached hydrogens (primary N) is 1. The van der Waals surface area contributed by atoms with Gasteiger partial charge < -0.3 is 20.4 Å². The van der Waals surface area contributed by atoms with Crippen molar-refractivity contribution in [3.8, 4) is 6.01 Å². The number of rotatable bonds is 10. The standard InChI is InChI=1S/C20H34N6O2/c1-3-10-15(2)28-19-23-17(21)16-18(24-19)26(20(27)22-16)14-9-5-8-13-25-11-6-4-7-12-25/h15H,3-14H2,1-2H3,(H,22,27)(H2,21,23,24). The fourth-order valence-electron chi connectivity index (χ4n) is 3.90. The Balaban J connectivity index is 1.60. The minimum absolute atomic E-state index is 0.00995. The van der Waals surface area contributed by atoms with E-state index in [1.54, 1.807) is 4.57 Å². The van der Waals surface area contributed by atoms with E-state index in [1.807, 2.05) is 6.92 Å². The zero-order valence-electron chi connectivity index (χ0n) is 17.2. The molecule has 3 N–H and O–H groups in total. The predicted octanol–water partition coefficient (Wildman–Crippen LogP) is 2.93. The maximum Gasteiger partial charge on any atom is 0.327 e. The highest BCUT2D eigenvalue weighted by Gasteiger charge is 2.16. The summed E-state index contributed by atoms with van der Waals surface area (Å²) in [5.74, 6) is 0.254. The number of aromatic amines is 1. The van der Waals surface area contributed by atoms with Crippen LogP contribution >= 0.6 is 0 Å². The molecule has 0 amide bonds. The molecule has 8 nitrogen and oxygen atoms in total. The number of piperidine rings is 1. The molecule has 0 aromatic carbocycles. The number of unbranched alkanes of at least 4 members (excludes halogenated alkanes) is 2. The summed E-state index contributed by atoms with van der Waals surface area (Å²) in [5, 5.41) is 0. The average molecular weight is 391 g/mol. The van der Waals surface area contributed by atoms with Crippen molar-refractivity contribution in [1.82, 2.24) is 24.4 Å². The normalized spacial score (nSPS) is 16.5. The third-order valence-electron chi connectivity index (χ3n) is 5.44. The smallest absolute Gasteiger partial charge is 0.327 e. The number of anilines is 1. The van der Waals surface area contributed by atoms with Crippen molar-refractivity contribution in [2.45, 2.75) is 77.9 Å². The lowest BCUT2D eigenvalue weighted by atomic mass is 10.1. The van der Waals surface area contributed by atoms with Crippen LogP contribution in [0.4, 0.5) is 5.82 Å². The first-order chi connectivity index (χ1) is 13.6. The Kier molecular flexibility index (Phi) is 7.30. The number of nitrogens with one attached hydrogen (secondary N) is 1. The molecular weight excluding hydrogens is 356 g/mol. The fraction of sp³-hybridized carbons (Fsp3) is 0.750. The number of ether oxygens (including phenoxy) is 1. The van der Waals surface area contributed by atoms with Crippen molar-refractivity contribution in [3.63, 3.8) is 0 Å². The van der Waals surface area contributed by atoms with E-state index in [-0.39, 0.29) is 23.6 Å². The van der Waals surface area contributed by atoms with Crippen LogP contribution < -0.4 is 16.2 Å². The highest BCUT2D eigenvalue weighted by molar-refractivity contribution is 5.81. The van der Waals surface area contributed by atoms with Gasteiger partial charge in [-0.25, -0.2) is 4.79 Å². The first kappa shape index (κ1) is 20.6. The fourth-order valence-corrected chi connectivity index (χ4v) is 3.90. The van der Waals surface area contributed by atoms with Crippen LogP contribution in [-0.2, 0) is 6.54 Å². The van der Waals surface area contributed by atoms with Gasteiger partial charge in [-0.1, -0.05) is 26.2 Å². The van der Waals surface area contributed by atoms with Crippen LogP contribution in [0.5, 0.6) is 6.01 Å². The number of aromatic nitrogens is 4. The zero-order chi connectivity index (χ0) is 19.9. The van der Waals surface area contributed by atoms with Gasteiger partial charge in [0.15, 0.2) is 11.5 Å². The van der Waals surface area contributed by atoms with Gasteiger partial charge in [0.05, 0.1) is 6.10 Å². The SMILES string of the molecule is CCCC(C)Oc1nc(N)c2[nH]c(=O)n(CCCCCN3CCCCC3)c2n1. The lowest BCUT2D eigenvalue weighted by Crippen LogP contribution is -2.30. The molecule has 3 rings (SSSR count). The Labute approximate surface area is 166 Å². The topological polar surface area (TPSA) is 102 Å². The molecule has 28 heavy (non-hydrogen) atoms. The maximum atomic E-state index is 12.4. The van der Waals surface area contributed by atoms with E-state index in [4.69, 9.17) is 10.5 Å². The van der Waals surface area contributed by atoms with Gasteiger partial charge in [-0.15, -0.1) is 0 Å². The molecule has 1 aliphatic rings. The molecule has 0 saturated carbocycles. The largest absolute Gasteiger partial charge is 0.460 e. The molecule has 3 heterocycles. The molecule has 1 unspecified atom stereocenters. The number of H-pyrrole nitrogens is 1. The lowest BCUT2D eigenvalue weighted by Gasteiger charge is -2.26. The summed E-state index contributed by atoms with van der Waals surface area (Å²) in [6.45, 7) is 8.34. The van der Waals surface area contributed by atoms with Crippen LogP contribution in [-0.4, -0.2) is 50.2 Å². The molecule has 1 saturated heterocycles. The van der Waals surface area contributed by atoms with Crippen molar-refractivity contribution >= 4 is 17.0 Å². The van der Waals surface area contributed by atoms with Gasteiger partial charge in [0.2, 0.25) is 0 Å². The summed E-state index contributed by atoms with van der Waals surface area (Å²) >= 11 is 0. The van der Waals surface area contributed by atoms with Crippen LogP contribution in [0.1, 0.15) is 65.2 Å². The van der Waals surface area contributed by atoms with E-state index in [1.165, 1.54) is 32.4 Å². The van der Waals surface area contributed by atoms with Gasteiger partial charge in [0.1, 0.15) is 5.52 Å². The first-order valence-corrected chi connectivity index (χ1v) is 10.7. The van der Waals surface area contributed by atoms with Gasteiger partial charge in [0.25, 0.3) is 0 Å². The predicted molar refractivity (Wildman–Crippen MR) is 112 cm³/mol. The Hall–Kier alpha value is -2.09. The number of fused-ring (bicyclic) bond motifs is 1. The molecule has 0 spiro atoms. The Bertz CT molecular complexity index is 809. The summed E-state index contributed by atoms with van der Waals surface area (Å²) < 4.78 is 7.44. The van der Waals surface area contributed by atoms with Crippen molar-refractivity contribution in [3.05, 3.63) is 10.5 Å². The molecule has 0 radical (unpaired) electrons. The maximum absolute atomic E-state index is 12.4. The molecular formula is C20H34N6O2. The van der Waals surface area contributed by atoms with Crippen molar-refractivity contribution in [2.75, 3.05) is 25.4 Å². The van der Waals surface area contributed by atoms with Gasteiger partial charge in [-0.2, -0.15) is 9.97 Å². The van der Waals surface area contributed by atoms with E-state index < -0.39 is 0 Å². The number of likely N-dealkylation sites (tertiary alicyclic amines) is 1. The first-order valence-electron chi connectivity index (χ1n) is 10.7. The van der Waals surface area contributed by atoms with E-state index in [9.17, 15) is 4.79 Å². The average Bonchev–Trinajstić information content (AvgIpc) is 2.99. The molecule has 1 atom stereocenters. The Morgan fingerprint density at radius 2 is 1.89 bits per heavy atom.